The molecule has 100 valence electrons. The Morgan fingerprint density at radius 2 is 1.50 bits per heavy atom. The Morgan fingerprint density at radius 1 is 0.850 bits per heavy atom. The third-order valence-electron chi connectivity index (χ3n) is 2.97. The minimum absolute atomic E-state index is 0.698. The van der Waals surface area contributed by atoms with E-state index in [4.69, 9.17) is 0 Å². The van der Waals surface area contributed by atoms with Gasteiger partial charge in [0.1, 0.15) is 5.69 Å². The predicted octanol–water partition coefficient (Wildman–Crippen LogP) is 7.33. The van der Waals surface area contributed by atoms with Crippen molar-refractivity contribution in [2.45, 2.75) is 6.54 Å². The van der Waals surface area contributed by atoms with E-state index in [0.717, 1.165) is 13.3 Å². The minimum Gasteiger partial charge on any atom is -0.184 e. The van der Waals surface area contributed by atoms with Crippen LogP contribution in [-0.2, 0) is 6.54 Å². The molecule has 0 aliphatic carbocycles. The average Bonchev–Trinajstić information content (AvgIpc) is 3.12. The van der Waals surface area contributed by atoms with Gasteiger partial charge < -0.3 is 0 Å². The van der Waals surface area contributed by atoms with Gasteiger partial charge in [-0.25, -0.2) is 0 Å². The molecule has 7 heteroatoms. The minimum atomic E-state index is 0.698. The highest BCUT2D eigenvalue weighted by Crippen LogP contribution is 2.52. The molecular weight excluding hydrogens is 440 g/mol. The van der Waals surface area contributed by atoms with Crippen molar-refractivity contribution >= 4 is 71.6 Å². The molecule has 3 aromatic heterocycles. The average molecular weight is 446 g/mol. The van der Waals surface area contributed by atoms with Crippen LogP contribution in [0.4, 0.5) is 5.69 Å². The molecule has 4 rings (SSSR count). The molecule has 0 bridgehead atoms. The molecule has 0 saturated heterocycles. The molecule has 0 unspecified atom stereocenters. The Hall–Kier alpha value is -0.340. The summed E-state index contributed by atoms with van der Waals surface area (Å²) in [6.07, 6.45) is 0. The molecule has 0 saturated carbocycles. The summed E-state index contributed by atoms with van der Waals surface area (Å²) in [5, 5.41) is 8.57. The van der Waals surface area contributed by atoms with Gasteiger partial charge in [0.25, 0.3) is 0 Å². The zero-order valence-corrected chi connectivity index (χ0v) is 15.5. The highest BCUT2D eigenvalue weighted by atomic mass is 79.9. The van der Waals surface area contributed by atoms with E-state index in [1.807, 2.05) is 11.3 Å². The van der Waals surface area contributed by atoms with E-state index in [9.17, 15) is 0 Å². The molecule has 0 amide bonds. The fourth-order valence-electron chi connectivity index (χ4n) is 2.12. The molecule has 0 spiro atoms. The molecule has 0 atom stereocenters. The first kappa shape index (κ1) is 13.3. The van der Waals surface area contributed by atoms with Crippen molar-refractivity contribution in [2.75, 3.05) is 0 Å². The normalized spacial score (nSPS) is 13.1. The molecular formula is C13H6Br2N2S3. The Morgan fingerprint density at radius 3 is 2.10 bits per heavy atom. The summed E-state index contributed by atoms with van der Waals surface area (Å²) >= 11 is 12.4. The first-order valence-electron chi connectivity index (χ1n) is 5.77. The molecule has 3 aromatic rings. The van der Waals surface area contributed by atoms with Gasteiger partial charge in [-0.05, 0) is 56.1 Å². The zero-order chi connectivity index (χ0) is 13.7. The van der Waals surface area contributed by atoms with Crippen molar-refractivity contribution in [3.8, 4) is 19.5 Å². The number of azo groups is 1. The molecule has 1 aliphatic heterocycles. The highest BCUT2D eigenvalue weighted by Gasteiger charge is 2.24. The molecule has 1 aliphatic rings. The van der Waals surface area contributed by atoms with Gasteiger partial charge in [0.2, 0.25) is 0 Å². The van der Waals surface area contributed by atoms with Crippen LogP contribution in [0, 0.1) is 0 Å². The van der Waals surface area contributed by atoms with Crippen molar-refractivity contribution in [1.82, 2.24) is 0 Å². The van der Waals surface area contributed by atoms with E-state index < -0.39 is 0 Å². The predicted molar refractivity (Wildman–Crippen MR) is 94.6 cm³/mol. The van der Waals surface area contributed by atoms with Crippen LogP contribution < -0.4 is 0 Å². The lowest BCUT2D eigenvalue weighted by molar-refractivity contribution is 1.04. The number of hydrogen-bond donors (Lipinski definition) is 0. The standard InChI is InChI=1S/C13H6Br2N2S3/c14-9-3-1-7(18-9)12-6-5-16-17-11(6)13(20-12)8-2-4-10(15)19-8/h1-4H,5H2. The molecule has 20 heavy (non-hydrogen) atoms. The van der Waals surface area contributed by atoms with Crippen molar-refractivity contribution in [3.63, 3.8) is 0 Å². The molecule has 0 aromatic carbocycles. The van der Waals surface area contributed by atoms with Gasteiger partial charge in [-0.1, -0.05) is 0 Å². The van der Waals surface area contributed by atoms with E-state index in [1.54, 1.807) is 22.7 Å². The molecule has 4 heterocycles. The van der Waals surface area contributed by atoms with Gasteiger partial charge in [-0.2, -0.15) is 10.2 Å². The summed E-state index contributed by atoms with van der Waals surface area (Å²) in [7, 11) is 0. The maximum atomic E-state index is 4.36. The summed E-state index contributed by atoms with van der Waals surface area (Å²) in [5.41, 5.74) is 2.33. The van der Waals surface area contributed by atoms with Crippen LogP contribution in [0.2, 0.25) is 0 Å². The summed E-state index contributed by atoms with van der Waals surface area (Å²) in [6, 6.07) is 8.48. The second kappa shape index (κ2) is 5.14. The van der Waals surface area contributed by atoms with E-state index in [-0.39, 0.29) is 0 Å². The van der Waals surface area contributed by atoms with Crippen LogP contribution in [-0.4, -0.2) is 0 Å². The van der Waals surface area contributed by atoms with Crippen molar-refractivity contribution < 1.29 is 0 Å². The van der Waals surface area contributed by atoms with E-state index in [2.05, 4.69) is 66.4 Å². The summed E-state index contributed by atoms with van der Waals surface area (Å²) in [6.45, 7) is 0.698. The van der Waals surface area contributed by atoms with Gasteiger partial charge >= 0.3 is 0 Å². The number of nitrogens with zero attached hydrogens (tertiary/aromatic N) is 2. The second-order valence-electron chi connectivity index (χ2n) is 4.19. The quantitative estimate of drug-likeness (QED) is 0.394. The first-order valence-corrected chi connectivity index (χ1v) is 9.80. The molecule has 0 N–H and O–H groups in total. The van der Waals surface area contributed by atoms with Gasteiger partial charge in [0, 0.05) is 15.3 Å². The van der Waals surface area contributed by atoms with Gasteiger partial charge in [-0.15, -0.1) is 34.0 Å². The Bertz CT molecular complexity index is 829. The van der Waals surface area contributed by atoms with Gasteiger partial charge in [-0.3, -0.25) is 0 Å². The van der Waals surface area contributed by atoms with Gasteiger partial charge in [0.15, 0.2) is 0 Å². The van der Waals surface area contributed by atoms with Crippen molar-refractivity contribution in [1.29, 1.82) is 0 Å². The lowest BCUT2D eigenvalue weighted by Crippen LogP contribution is -1.74. The SMILES string of the molecule is Brc1ccc(-c2sc(-c3ccc(Br)s3)c3c2CN=N3)s1. The summed E-state index contributed by atoms with van der Waals surface area (Å²) < 4.78 is 2.30. The monoisotopic (exact) mass is 444 g/mol. The number of hydrogen-bond acceptors (Lipinski definition) is 5. The van der Waals surface area contributed by atoms with E-state index >= 15 is 0 Å². The maximum absolute atomic E-state index is 4.36. The fourth-order valence-corrected chi connectivity index (χ4v) is 6.39. The zero-order valence-electron chi connectivity index (χ0n) is 9.89. The van der Waals surface area contributed by atoms with Crippen LogP contribution in [0.5, 0.6) is 0 Å². The number of rotatable bonds is 2. The Balaban J connectivity index is 1.91. The number of halogens is 2. The largest absolute Gasteiger partial charge is 0.184 e. The Labute approximate surface area is 144 Å². The molecule has 0 fully saturated rings. The Kier molecular flexibility index (Phi) is 3.42. The fraction of sp³-hybridized carbons (Fsp3) is 0.0769. The summed E-state index contributed by atoms with van der Waals surface area (Å²) in [4.78, 5) is 5.07. The topological polar surface area (TPSA) is 24.7 Å². The third kappa shape index (κ3) is 2.16. The van der Waals surface area contributed by atoms with Crippen molar-refractivity contribution in [3.05, 3.63) is 37.4 Å². The second-order valence-corrected chi connectivity index (χ2v) is 10.1. The number of thiophene rings is 3. The first-order chi connectivity index (χ1) is 9.72. The van der Waals surface area contributed by atoms with Crippen LogP contribution >= 0.6 is 65.9 Å². The summed E-state index contributed by atoms with van der Waals surface area (Å²) in [5.74, 6) is 0. The smallest absolute Gasteiger partial charge is 0.110 e. The molecule has 2 nitrogen and oxygen atoms in total. The molecule has 0 radical (unpaired) electrons. The van der Waals surface area contributed by atoms with E-state index in [0.29, 0.717) is 6.54 Å². The lowest BCUT2D eigenvalue weighted by atomic mass is 10.2. The van der Waals surface area contributed by atoms with Crippen LogP contribution in [0.15, 0.2) is 42.1 Å². The van der Waals surface area contributed by atoms with Gasteiger partial charge in [0.05, 0.1) is 23.9 Å². The highest BCUT2D eigenvalue weighted by molar-refractivity contribution is 9.11. The van der Waals surface area contributed by atoms with Crippen LogP contribution in [0.25, 0.3) is 19.5 Å². The van der Waals surface area contributed by atoms with Crippen molar-refractivity contribution in [2.24, 2.45) is 10.2 Å². The van der Waals surface area contributed by atoms with Crippen LogP contribution in [0.1, 0.15) is 5.56 Å². The third-order valence-corrected chi connectivity index (χ3v) is 7.80. The van der Waals surface area contributed by atoms with Crippen LogP contribution in [0.3, 0.4) is 0 Å². The lowest BCUT2D eigenvalue weighted by Gasteiger charge is -1.93. The van der Waals surface area contributed by atoms with E-state index in [1.165, 1.54) is 25.1 Å². The number of fused-ring (bicyclic) bond motifs is 1. The maximum Gasteiger partial charge on any atom is 0.110 e.